The molecular formula is C19H19FN2O2S. The van der Waals surface area contributed by atoms with Gasteiger partial charge in [0, 0.05) is 23.5 Å². The molecule has 0 saturated heterocycles. The first-order valence-corrected chi connectivity index (χ1v) is 8.54. The summed E-state index contributed by atoms with van der Waals surface area (Å²) in [5.74, 6) is -0.195. The number of hydrogen-bond donors (Lipinski definition) is 0. The lowest BCUT2D eigenvalue weighted by molar-refractivity contribution is -0.0532. The molecule has 1 aliphatic rings. The summed E-state index contributed by atoms with van der Waals surface area (Å²) in [6, 6.07) is 7.36. The number of aliphatic imine (C=N–C) groups is 1. The van der Waals surface area contributed by atoms with E-state index in [0.717, 1.165) is 24.0 Å². The highest BCUT2D eigenvalue weighted by Gasteiger charge is 2.32. The molecule has 1 aromatic carbocycles. The highest BCUT2D eigenvalue weighted by molar-refractivity contribution is 7.78. The van der Waals surface area contributed by atoms with Crippen molar-refractivity contribution in [3.05, 3.63) is 48.0 Å². The maximum absolute atomic E-state index is 15.0. The fourth-order valence-corrected chi connectivity index (χ4v) is 3.24. The summed E-state index contributed by atoms with van der Waals surface area (Å²) in [6.45, 7) is 1.85. The first-order valence-electron chi connectivity index (χ1n) is 8.13. The molecule has 1 unspecified atom stereocenters. The fourth-order valence-electron chi connectivity index (χ4n) is 3.09. The van der Waals surface area contributed by atoms with Crippen molar-refractivity contribution in [2.24, 2.45) is 4.99 Å². The van der Waals surface area contributed by atoms with E-state index >= 15 is 0 Å². The van der Waals surface area contributed by atoms with Crippen LogP contribution in [0.5, 0.6) is 5.75 Å². The Hall–Kier alpha value is -2.14. The Balaban J connectivity index is 1.89. The fraction of sp³-hybridized carbons (Fsp3) is 0.368. The van der Waals surface area contributed by atoms with Crippen LogP contribution in [-0.4, -0.2) is 29.4 Å². The van der Waals surface area contributed by atoms with Crippen molar-refractivity contribution in [2.75, 3.05) is 7.11 Å². The zero-order chi connectivity index (χ0) is 17.8. The van der Waals surface area contributed by atoms with E-state index in [1.807, 2.05) is 25.1 Å². The summed E-state index contributed by atoms with van der Waals surface area (Å²) >= 11 is 4.62. The minimum absolute atomic E-state index is 0.0412. The van der Waals surface area contributed by atoms with E-state index in [1.54, 1.807) is 18.5 Å². The van der Waals surface area contributed by atoms with Crippen molar-refractivity contribution in [2.45, 2.75) is 38.0 Å². The van der Waals surface area contributed by atoms with E-state index in [-0.39, 0.29) is 17.9 Å². The summed E-state index contributed by atoms with van der Waals surface area (Å²) in [6.07, 6.45) is 4.58. The quantitative estimate of drug-likeness (QED) is 0.559. The first-order chi connectivity index (χ1) is 12.1. The number of benzene rings is 1. The zero-order valence-electron chi connectivity index (χ0n) is 14.1. The van der Waals surface area contributed by atoms with Crippen molar-refractivity contribution in [1.82, 2.24) is 4.98 Å². The van der Waals surface area contributed by atoms with Crippen LogP contribution >= 0.6 is 12.2 Å². The highest BCUT2D eigenvalue weighted by Crippen LogP contribution is 2.38. The van der Waals surface area contributed by atoms with Crippen molar-refractivity contribution in [3.8, 4) is 16.9 Å². The Morgan fingerprint density at radius 2 is 2.16 bits per heavy atom. The Morgan fingerprint density at radius 1 is 1.36 bits per heavy atom. The predicted octanol–water partition coefficient (Wildman–Crippen LogP) is 4.61. The molecule has 1 fully saturated rings. The molecule has 25 heavy (non-hydrogen) atoms. The largest absolute Gasteiger partial charge is 0.494 e. The van der Waals surface area contributed by atoms with E-state index in [4.69, 9.17) is 9.47 Å². The summed E-state index contributed by atoms with van der Waals surface area (Å²) in [7, 11) is 1.46. The topological polar surface area (TPSA) is 43.7 Å². The number of hydrogen-bond acceptors (Lipinski definition) is 5. The summed E-state index contributed by atoms with van der Waals surface area (Å²) in [5.41, 5.74) is 2.08. The van der Waals surface area contributed by atoms with Gasteiger partial charge >= 0.3 is 0 Å². The Labute approximate surface area is 151 Å². The summed E-state index contributed by atoms with van der Waals surface area (Å²) in [4.78, 5) is 8.18. The number of rotatable bonds is 6. The number of thiocarbonyl (C=S) groups is 1. The Bertz CT molecular complexity index is 788. The van der Waals surface area contributed by atoms with Gasteiger partial charge in [0.05, 0.1) is 30.5 Å². The van der Waals surface area contributed by atoms with Crippen molar-refractivity contribution >= 4 is 17.4 Å². The average molecular weight is 358 g/mol. The van der Waals surface area contributed by atoms with Crippen molar-refractivity contribution in [1.29, 1.82) is 0 Å². The number of nitrogens with zero attached hydrogens (tertiary/aromatic N) is 2. The summed E-state index contributed by atoms with van der Waals surface area (Å²) in [5, 5.41) is 2.40. The van der Waals surface area contributed by atoms with Gasteiger partial charge in [-0.05, 0) is 49.7 Å². The molecule has 0 amide bonds. The van der Waals surface area contributed by atoms with Gasteiger partial charge in [0.2, 0.25) is 0 Å². The van der Waals surface area contributed by atoms with Crippen LogP contribution in [0.2, 0.25) is 0 Å². The van der Waals surface area contributed by atoms with E-state index in [0.29, 0.717) is 5.56 Å². The molecule has 0 N–H and O–H groups in total. The maximum atomic E-state index is 15.0. The van der Waals surface area contributed by atoms with Gasteiger partial charge in [-0.25, -0.2) is 9.38 Å². The van der Waals surface area contributed by atoms with Crippen molar-refractivity contribution in [3.63, 3.8) is 0 Å². The van der Waals surface area contributed by atoms with Crippen LogP contribution in [0.4, 0.5) is 4.39 Å². The predicted molar refractivity (Wildman–Crippen MR) is 97.5 cm³/mol. The molecular weight excluding hydrogens is 339 g/mol. The smallest absolute Gasteiger partial charge is 0.171 e. The van der Waals surface area contributed by atoms with Crippen LogP contribution in [0.3, 0.4) is 0 Å². The average Bonchev–Trinajstić information content (AvgIpc) is 2.60. The van der Waals surface area contributed by atoms with E-state index in [2.05, 4.69) is 27.4 Å². The van der Waals surface area contributed by atoms with Crippen LogP contribution in [0.15, 0.2) is 41.7 Å². The van der Waals surface area contributed by atoms with E-state index < -0.39 is 11.9 Å². The molecule has 0 aliphatic heterocycles. The van der Waals surface area contributed by atoms with Gasteiger partial charge in [0.15, 0.2) is 11.6 Å². The molecule has 0 bridgehead atoms. The van der Waals surface area contributed by atoms with Crippen LogP contribution in [0.1, 0.15) is 31.4 Å². The standard InChI is InChI=1S/C19H19FN2O2S/c1-12(24-15-8-14(9-15)22-11-25)18-16(13-4-3-7-21-10-13)5-6-17(23-2)19(18)20/h3-7,10,12,14-15H,8-9H2,1-2H3. The number of halogens is 1. The van der Waals surface area contributed by atoms with Gasteiger partial charge in [0.1, 0.15) is 0 Å². The molecule has 1 heterocycles. The molecule has 1 atom stereocenters. The van der Waals surface area contributed by atoms with E-state index in [9.17, 15) is 4.39 Å². The van der Waals surface area contributed by atoms with Gasteiger partial charge in [-0.3, -0.25) is 4.98 Å². The van der Waals surface area contributed by atoms with Gasteiger partial charge in [-0.2, -0.15) is 0 Å². The minimum atomic E-state index is -0.423. The second kappa shape index (κ2) is 7.83. The molecule has 1 aromatic heterocycles. The highest BCUT2D eigenvalue weighted by atomic mass is 32.1. The molecule has 2 aromatic rings. The van der Waals surface area contributed by atoms with Crippen LogP contribution < -0.4 is 4.74 Å². The molecule has 4 nitrogen and oxygen atoms in total. The zero-order valence-corrected chi connectivity index (χ0v) is 14.9. The number of aromatic nitrogens is 1. The maximum Gasteiger partial charge on any atom is 0.171 e. The van der Waals surface area contributed by atoms with Crippen molar-refractivity contribution < 1.29 is 13.9 Å². The molecule has 0 spiro atoms. The molecule has 6 heteroatoms. The second-order valence-corrected chi connectivity index (χ2v) is 6.21. The number of pyridine rings is 1. The second-order valence-electron chi connectivity index (χ2n) is 6.03. The SMILES string of the molecule is COc1ccc(-c2cccnc2)c(C(C)OC2CC(N=C=S)C2)c1F. The molecule has 130 valence electrons. The lowest BCUT2D eigenvalue weighted by Gasteiger charge is -2.34. The minimum Gasteiger partial charge on any atom is -0.494 e. The Kier molecular flexibility index (Phi) is 5.53. The molecule has 1 aliphatic carbocycles. The van der Waals surface area contributed by atoms with E-state index in [1.165, 1.54) is 7.11 Å². The van der Waals surface area contributed by atoms with Gasteiger partial charge in [-0.1, -0.05) is 12.1 Å². The first kappa shape index (κ1) is 17.7. The third-order valence-electron chi connectivity index (χ3n) is 4.45. The van der Waals surface area contributed by atoms with Gasteiger partial charge in [-0.15, -0.1) is 0 Å². The lowest BCUT2D eigenvalue weighted by Crippen LogP contribution is -2.35. The molecule has 3 rings (SSSR count). The van der Waals surface area contributed by atoms with Gasteiger partial charge in [0.25, 0.3) is 0 Å². The molecule has 0 radical (unpaired) electrons. The van der Waals surface area contributed by atoms with Gasteiger partial charge < -0.3 is 9.47 Å². The number of isothiocyanates is 1. The van der Waals surface area contributed by atoms with Crippen LogP contribution in [0, 0.1) is 5.82 Å². The number of methoxy groups -OCH3 is 1. The summed E-state index contributed by atoms with van der Waals surface area (Å²) < 4.78 is 26.2. The lowest BCUT2D eigenvalue weighted by atomic mass is 9.89. The Morgan fingerprint density at radius 3 is 2.80 bits per heavy atom. The normalized spacial score (nSPS) is 20.3. The van der Waals surface area contributed by atoms with Crippen LogP contribution in [0.25, 0.3) is 11.1 Å². The van der Waals surface area contributed by atoms with Crippen LogP contribution in [-0.2, 0) is 4.74 Å². The third-order valence-corrected chi connectivity index (χ3v) is 4.55. The monoisotopic (exact) mass is 358 g/mol. The third kappa shape index (κ3) is 3.76. The number of ether oxygens (including phenoxy) is 2. The molecule has 1 saturated carbocycles.